The molecule has 3 fully saturated rings. The Kier molecular flexibility index (Phi) is 14.1. The summed E-state index contributed by atoms with van der Waals surface area (Å²) in [5, 5.41) is 3.29. The van der Waals surface area contributed by atoms with Gasteiger partial charge in [0.15, 0.2) is 0 Å². The van der Waals surface area contributed by atoms with E-state index in [1.807, 2.05) is 88.3 Å². The molecule has 1 N–H and O–H groups in total. The van der Waals surface area contributed by atoms with Gasteiger partial charge in [-0.3, -0.25) is 0 Å². The van der Waals surface area contributed by atoms with Gasteiger partial charge in [0.25, 0.3) is 0 Å². The largest absolute Gasteiger partial charge is 0.490 e. The van der Waals surface area contributed by atoms with Crippen LogP contribution < -0.4 is 5.32 Å². The number of rotatable bonds is 4. The summed E-state index contributed by atoms with van der Waals surface area (Å²) in [6.45, 7) is 34.2. The maximum atomic E-state index is 12.1. The highest BCUT2D eigenvalue weighted by Crippen LogP contribution is 2.41. The van der Waals surface area contributed by atoms with Crippen molar-refractivity contribution in [1.82, 2.24) is 14.5 Å². The predicted octanol–water partition coefficient (Wildman–Crippen LogP) is 5.93. The van der Waals surface area contributed by atoms with Gasteiger partial charge in [-0.15, -0.1) is 0 Å². The Morgan fingerprint density at radius 3 is 1.30 bits per heavy atom. The van der Waals surface area contributed by atoms with E-state index in [0.29, 0.717) is 32.6 Å². The number of carbonyl (C=O) groups excluding carboxylic acids is 1. The lowest BCUT2D eigenvalue weighted by atomic mass is 9.75. The Balaban J connectivity index is 0.000000190. The topological polar surface area (TPSA) is 134 Å². The Morgan fingerprint density at radius 1 is 0.643 bits per heavy atom. The van der Waals surface area contributed by atoms with Gasteiger partial charge < -0.3 is 42.9 Å². The van der Waals surface area contributed by atoms with E-state index in [-0.39, 0.29) is 61.1 Å². The molecule has 0 atom stereocenters. The van der Waals surface area contributed by atoms with Gasteiger partial charge in [-0.1, -0.05) is 18.2 Å². The molecule has 6 rings (SSSR count). The molecule has 0 unspecified atom stereocenters. The van der Waals surface area contributed by atoms with Crippen molar-refractivity contribution >= 4 is 37.5 Å². The van der Waals surface area contributed by atoms with Crippen LogP contribution in [0.25, 0.3) is 0 Å². The zero-order valence-corrected chi connectivity index (χ0v) is 38.0. The van der Waals surface area contributed by atoms with Crippen LogP contribution in [0.1, 0.15) is 123 Å². The average molecular weight is 806 g/mol. The Bertz CT molecular complexity index is 1590. The molecule has 0 aromatic rings. The van der Waals surface area contributed by atoms with E-state index in [0.717, 1.165) is 36.9 Å². The summed E-state index contributed by atoms with van der Waals surface area (Å²) >= 11 is 0. The first-order valence-corrected chi connectivity index (χ1v) is 22.0. The molecular weight excluding hydrogens is 735 g/mol. The molecule has 0 spiro atoms. The third-order valence-corrected chi connectivity index (χ3v) is 13.6. The highest BCUT2D eigenvalue weighted by Gasteiger charge is 2.54. The van der Waals surface area contributed by atoms with E-state index in [9.17, 15) is 13.2 Å². The number of amides is 1. The van der Waals surface area contributed by atoms with Crippen molar-refractivity contribution in [1.29, 1.82) is 0 Å². The second kappa shape index (κ2) is 16.8. The third kappa shape index (κ3) is 11.3. The summed E-state index contributed by atoms with van der Waals surface area (Å²) in [4.78, 5) is 13.8. The molecule has 0 aliphatic carbocycles. The fraction of sp³-hybridized carbons (Fsp3) is 0.821. The number of carbonyl (C=O) groups is 1. The summed E-state index contributed by atoms with van der Waals surface area (Å²) in [5.74, 6) is 0. The monoisotopic (exact) mass is 806 g/mol. The number of sulfonamides is 1. The average Bonchev–Trinajstić information content (AvgIpc) is 3.54. The van der Waals surface area contributed by atoms with Gasteiger partial charge in [0, 0.05) is 32.7 Å². The van der Waals surface area contributed by atoms with Crippen molar-refractivity contribution in [3.63, 3.8) is 0 Å². The summed E-state index contributed by atoms with van der Waals surface area (Å²) in [7, 11) is -3.92. The first kappa shape index (κ1) is 47.0. The maximum absolute atomic E-state index is 12.1. The number of hydrogen-bond acceptors (Lipinski definition) is 11. The van der Waals surface area contributed by atoms with E-state index in [1.54, 1.807) is 4.90 Å². The first-order valence-electron chi connectivity index (χ1n) is 20.1. The number of nitrogens with zero attached hydrogens (tertiary/aromatic N) is 2. The fourth-order valence-electron chi connectivity index (χ4n) is 6.41. The molecule has 0 saturated carbocycles. The van der Waals surface area contributed by atoms with Crippen LogP contribution in [0.3, 0.4) is 0 Å². The van der Waals surface area contributed by atoms with Crippen molar-refractivity contribution < 1.29 is 45.9 Å². The van der Waals surface area contributed by atoms with Crippen LogP contribution in [-0.2, 0) is 42.7 Å². The van der Waals surface area contributed by atoms with Crippen LogP contribution in [-0.4, -0.2) is 130 Å². The van der Waals surface area contributed by atoms with Crippen molar-refractivity contribution in [2.45, 2.75) is 162 Å². The van der Waals surface area contributed by atoms with Crippen molar-refractivity contribution in [2.24, 2.45) is 0 Å². The van der Waals surface area contributed by atoms with Crippen molar-refractivity contribution in [3.8, 4) is 0 Å². The second-order valence-electron chi connectivity index (χ2n) is 19.6. The summed E-state index contributed by atoms with van der Waals surface area (Å²) in [6.07, 6.45) is 9.52. The Morgan fingerprint density at radius 2 is 1.02 bits per heavy atom. The van der Waals surface area contributed by atoms with Gasteiger partial charge in [-0.2, -0.15) is 4.31 Å². The van der Waals surface area contributed by atoms with Gasteiger partial charge in [-0.05, 0) is 146 Å². The normalized spacial score (nSPS) is 26.6. The van der Waals surface area contributed by atoms with Crippen LogP contribution in [0.15, 0.2) is 34.6 Å². The molecule has 13 nitrogen and oxygen atoms in total. The van der Waals surface area contributed by atoms with Crippen LogP contribution in [0.5, 0.6) is 0 Å². The third-order valence-electron chi connectivity index (χ3n) is 12.3. The quantitative estimate of drug-likeness (QED) is 0.339. The fourth-order valence-corrected chi connectivity index (χ4v) is 7.18. The minimum atomic E-state index is -3.11. The molecule has 0 radical (unpaired) electrons. The van der Waals surface area contributed by atoms with Gasteiger partial charge in [-0.25, -0.2) is 13.2 Å². The lowest BCUT2D eigenvalue weighted by Crippen LogP contribution is -2.41. The minimum Gasteiger partial charge on any atom is -0.444 e. The molecular formula is C39H70B3N3O10S. The standard InChI is InChI=1S/C16H28BNO4.C12H22BNO4S.C11H20BNO2/c1-14(2,3)20-13(19)18-10-8-12(9-11-18)17-21-15(4,5)16(6,7)22-17;1-11(2)12(3,4)18-13(17-11)10-6-8-14(9-7-10)19(5,15)16;1-10(2)11(3,4)15-12(14-10)9-5-7-13-8-6-9/h8H,9-11H2,1-7H3;6H,7-9H2,1-5H3;5,13H,6-8H2,1-4H3. The zero-order chi connectivity index (χ0) is 42.3. The summed E-state index contributed by atoms with van der Waals surface area (Å²) in [5.41, 5.74) is 1.16. The smallest absolute Gasteiger partial charge is 0.444 e. The molecule has 1 amide bonds. The summed E-state index contributed by atoms with van der Waals surface area (Å²) < 4.78 is 65.8. The molecule has 3 saturated heterocycles. The van der Waals surface area contributed by atoms with Crippen LogP contribution in [0.4, 0.5) is 4.79 Å². The summed E-state index contributed by atoms with van der Waals surface area (Å²) in [6, 6.07) is 0. The number of ether oxygens (including phenoxy) is 1. The van der Waals surface area contributed by atoms with Gasteiger partial charge >= 0.3 is 27.4 Å². The molecule has 6 aliphatic rings. The van der Waals surface area contributed by atoms with E-state index < -0.39 is 15.6 Å². The van der Waals surface area contributed by atoms with Gasteiger partial charge in [0.05, 0.1) is 39.9 Å². The minimum absolute atomic E-state index is 0.142. The maximum Gasteiger partial charge on any atom is 0.490 e. The number of hydrogen-bond donors (Lipinski definition) is 1. The molecule has 316 valence electrons. The van der Waals surface area contributed by atoms with Crippen LogP contribution >= 0.6 is 0 Å². The first-order chi connectivity index (χ1) is 25.4. The highest BCUT2D eigenvalue weighted by atomic mass is 32.2. The van der Waals surface area contributed by atoms with Crippen molar-refractivity contribution in [2.75, 3.05) is 45.5 Å². The van der Waals surface area contributed by atoms with E-state index in [4.69, 9.17) is 32.7 Å². The predicted molar refractivity (Wildman–Crippen MR) is 223 cm³/mol. The molecule has 6 heterocycles. The SMILES string of the molecule is CC(C)(C)OC(=O)N1CC=C(B2OC(C)(C)C(C)(C)O2)CC1.CC1(C)OB(C2=CCN(S(C)(=O)=O)CC2)OC1(C)C.CC1(C)OB(C2=CCNCC2)OC1(C)C. The Labute approximate surface area is 339 Å². The van der Waals surface area contributed by atoms with Crippen LogP contribution in [0.2, 0.25) is 0 Å². The molecule has 0 aromatic heterocycles. The zero-order valence-electron chi connectivity index (χ0n) is 37.2. The van der Waals surface area contributed by atoms with Gasteiger partial charge in [0.1, 0.15) is 5.60 Å². The van der Waals surface area contributed by atoms with Crippen LogP contribution in [0, 0.1) is 0 Å². The van der Waals surface area contributed by atoms with E-state index in [1.165, 1.54) is 16.0 Å². The lowest BCUT2D eigenvalue weighted by Gasteiger charge is -2.32. The highest BCUT2D eigenvalue weighted by molar-refractivity contribution is 7.88. The second-order valence-corrected chi connectivity index (χ2v) is 21.6. The molecule has 56 heavy (non-hydrogen) atoms. The molecule has 17 heteroatoms. The van der Waals surface area contributed by atoms with E-state index >= 15 is 0 Å². The Hall–Kier alpha value is -1.69. The number of nitrogens with one attached hydrogen (secondary N) is 1. The van der Waals surface area contributed by atoms with Gasteiger partial charge in [0.2, 0.25) is 10.0 Å². The molecule has 0 aromatic carbocycles. The molecule has 0 bridgehead atoms. The van der Waals surface area contributed by atoms with Crippen molar-refractivity contribution in [3.05, 3.63) is 34.6 Å². The van der Waals surface area contributed by atoms with E-state index in [2.05, 4.69) is 39.1 Å². The molecule has 6 aliphatic heterocycles. The lowest BCUT2D eigenvalue weighted by molar-refractivity contribution is 0.00578.